The van der Waals surface area contributed by atoms with Gasteiger partial charge in [-0.2, -0.15) is 0 Å². The Kier molecular flexibility index (Phi) is 6.37. The number of allylic oxidation sites excluding steroid dienone is 1. The van der Waals surface area contributed by atoms with E-state index in [1.54, 1.807) is 29.9 Å². The lowest BCUT2D eigenvalue weighted by Crippen LogP contribution is -2.25. The second-order valence-electron chi connectivity index (χ2n) is 6.87. The minimum Gasteiger partial charge on any atom is -0.351 e. The molecule has 162 valence electrons. The lowest BCUT2D eigenvalue weighted by atomic mass is 10.1. The van der Waals surface area contributed by atoms with Crippen LogP contribution >= 0.6 is 11.6 Å². The maximum Gasteiger partial charge on any atom is 0.243 e. The molecule has 4 rings (SSSR count). The summed E-state index contributed by atoms with van der Waals surface area (Å²) >= 11 is 5.88. The molecular weight excluding hydrogens is 433 g/mol. The maximum atomic E-state index is 13.5. The first-order chi connectivity index (χ1) is 15.5. The molecule has 0 aliphatic carbocycles. The summed E-state index contributed by atoms with van der Waals surface area (Å²) in [5.74, 6) is -0.0834. The summed E-state index contributed by atoms with van der Waals surface area (Å²) in [5, 5.41) is 15.1. The highest BCUT2D eigenvalue weighted by Gasteiger charge is 2.10. The van der Waals surface area contributed by atoms with Crippen molar-refractivity contribution in [3.05, 3.63) is 71.9 Å². The zero-order chi connectivity index (χ0) is 22.5. The molecule has 1 amide bonds. The van der Waals surface area contributed by atoms with Crippen LogP contribution in [0.15, 0.2) is 61.1 Å². The molecule has 4 aromatic rings. The number of benzene rings is 2. The summed E-state index contributed by atoms with van der Waals surface area (Å²) in [6.07, 6.45) is 6.41. The van der Waals surface area contributed by atoms with Crippen LogP contribution in [0.3, 0.4) is 0 Å². The highest BCUT2D eigenvalue weighted by Crippen LogP contribution is 2.28. The number of anilines is 2. The molecule has 2 aromatic heterocycles. The maximum absolute atomic E-state index is 13.5. The van der Waals surface area contributed by atoms with Gasteiger partial charge in [0.2, 0.25) is 5.91 Å². The van der Waals surface area contributed by atoms with E-state index in [1.807, 2.05) is 18.2 Å². The number of aromatic nitrogens is 5. The molecular formula is C22H19ClFN7O. The topological polar surface area (TPSA) is 97.6 Å². The van der Waals surface area contributed by atoms with Crippen molar-refractivity contribution >= 4 is 39.9 Å². The van der Waals surface area contributed by atoms with Crippen LogP contribution in [0.2, 0.25) is 5.02 Å². The van der Waals surface area contributed by atoms with Crippen molar-refractivity contribution in [2.75, 3.05) is 11.9 Å². The number of nitrogens with one attached hydrogen (secondary N) is 2. The molecule has 0 aliphatic rings. The second-order valence-corrected chi connectivity index (χ2v) is 7.27. The van der Waals surface area contributed by atoms with E-state index in [9.17, 15) is 9.18 Å². The van der Waals surface area contributed by atoms with Crippen molar-refractivity contribution in [3.63, 3.8) is 0 Å². The molecule has 0 unspecified atom stereocenters. The summed E-state index contributed by atoms with van der Waals surface area (Å²) in [4.78, 5) is 20.1. The van der Waals surface area contributed by atoms with Crippen LogP contribution in [0.5, 0.6) is 0 Å². The molecule has 32 heavy (non-hydrogen) atoms. The van der Waals surface area contributed by atoms with Crippen molar-refractivity contribution in [3.8, 4) is 11.3 Å². The first-order valence-corrected chi connectivity index (χ1v) is 10.2. The van der Waals surface area contributed by atoms with Gasteiger partial charge in [-0.05, 0) is 43.3 Å². The molecule has 2 heterocycles. The van der Waals surface area contributed by atoms with Gasteiger partial charge in [-0.1, -0.05) is 29.0 Å². The quantitative estimate of drug-likeness (QED) is 0.410. The molecule has 0 bridgehead atoms. The average Bonchev–Trinajstić information content (AvgIpc) is 3.25. The van der Waals surface area contributed by atoms with Gasteiger partial charge in [-0.15, -0.1) is 5.10 Å². The monoisotopic (exact) mass is 451 g/mol. The number of amides is 1. The Labute approximate surface area is 188 Å². The summed E-state index contributed by atoms with van der Waals surface area (Å²) in [6.45, 7) is 2.71. The van der Waals surface area contributed by atoms with Crippen molar-refractivity contribution in [1.82, 2.24) is 30.3 Å². The number of fused-ring (bicyclic) bond motifs is 1. The van der Waals surface area contributed by atoms with Crippen molar-refractivity contribution in [2.45, 2.75) is 13.5 Å². The van der Waals surface area contributed by atoms with E-state index in [0.717, 1.165) is 16.5 Å². The normalized spacial score (nSPS) is 11.2. The summed E-state index contributed by atoms with van der Waals surface area (Å²) in [6, 6.07) is 10.0. The lowest BCUT2D eigenvalue weighted by molar-refractivity contribution is -0.116. The van der Waals surface area contributed by atoms with Gasteiger partial charge in [0.25, 0.3) is 0 Å². The number of carbonyl (C=O) groups excluding carboxylic acids is 1. The minimum atomic E-state index is -0.489. The fraction of sp³-hybridized carbons (Fsp3) is 0.136. The third-order valence-corrected chi connectivity index (χ3v) is 4.90. The number of carbonyl (C=O) groups is 1. The van der Waals surface area contributed by atoms with Crippen LogP contribution < -0.4 is 10.6 Å². The number of rotatable bonds is 7. The molecule has 0 fully saturated rings. The zero-order valence-corrected chi connectivity index (χ0v) is 17.8. The summed E-state index contributed by atoms with van der Waals surface area (Å²) in [7, 11) is 0. The first-order valence-electron chi connectivity index (χ1n) is 9.81. The van der Waals surface area contributed by atoms with Gasteiger partial charge in [0, 0.05) is 23.2 Å². The molecule has 2 N–H and O–H groups in total. The Morgan fingerprint density at radius 1 is 1.22 bits per heavy atom. The summed E-state index contributed by atoms with van der Waals surface area (Å²) in [5.41, 5.74) is 2.84. The van der Waals surface area contributed by atoms with E-state index in [0.29, 0.717) is 30.3 Å². The molecule has 10 heteroatoms. The first kappa shape index (κ1) is 21.4. The third kappa shape index (κ3) is 4.89. The molecule has 0 saturated heterocycles. The second kappa shape index (κ2) is 9.52. The largest absolute Gasteiger partial charge is 0.351 e. The van der Waals surface area contributed by atoms with Crippen LogP contribution in [0, 0.1) is 5.82 Å². The standard InChI is InChI=1S/C22H19ClFN7O/c1-2-3-21(32)25-8-9-31-12-20(29-30-31)14-4-7-19-16(10-14)22(27-13-26-19)28-15-5-6-18(24)17(23)11-15/h2-7,10-13H,8-9H2,1H3,(H,25,32)(H,26,27,28)/b3-2+. The highest BCUT2D eigenvalue weighted by atomic mass is 35.5. The lowest BCUT2D eigenvalue weighted by Gasteiger charge is -2.09. The highest BCUT2D eigenvalue weighted by molar-refractivity contribution is 6.31. The van der Waals surface area contributed by atoms with Crippen molar-refractivity contribution in [1.29, 1.82) is 0 Å². The van der Waals surface area contributed by atoms with Crippen molar-refractivity contribution < 1.29 is 9.18 Å². The zero-order valence-electron chi connectivity index (χ0n) is 17.1. The summed E-state index contributed by atoms with van der Waals surface area (Å²) < 4.78 is 15.1. The Morgan fingerprint density at radius 2 is 2.09 bits per heavy atom. The molecule has 0 atom stereocenters. The van der Waals surface area contributed by atoms with Crippen LogP contribution in [0.25, 0.3) is 22.2 Å². The Hall–Kier alpha value is -3.85. The van der Waals surface area contributed by atoms with Gasteiger partial charge in [0.05, 0.1) is 23.3 Å². The molecule has 0 radical (unpaired) electrons. The fourth-order valence-electron chi connectivity index (χ4n) is 3.07. The predicted octanol–water partition coefficient (Wildman–Crippen LogP) is 4.12. The fourth-order valence-corrected chi connectivity index (χ4v) is 3.25. The molecule has 0 aliphatic heterocycles. The minimum absolute atomic E-state index is 0.0209. The van der Waals surface area contributed by atoms with E-state index < -0.39 is 5.82 Å². The van der Waals surface area contributed by atoms with E-state index in [1.165, 1.54) is 24.5 Å². The van der Waals surface area contributed by atoms with E-state index in [-0.39, 0.29) is 10.9 Å². The molecule has 8 nitrogen and oxygen atoms in total. The van der Waals surface area contributed by atoms with Crippen LogP contribution in [-0.2, 0) is 11.3 Å². The van der Waals surface area contributed by atoms with E-state index in [2.05, 4.69) is 30.9 Å². The number of nitrogens with zero attached hydrogens (tertiary/aromatic N) is 5. The van der Waals surface area contributed by atoms with Gasteiger partial charge in [0.15, 0.2) is 0 Å². The predicted molar refractivity (Wildman–Crippen MR) is 121 cm³/mol. The number of halogens is 2. The Bertz CT molecular complexity index is 1300. The van der Waals surface area contributed by atoms with Gasteiger partial charge in [-0.25, -0.2) is 14.4 Å². The van der Waals surface area contributed by atoms with Crippen LogP contribution in [-0.4, -0.2) is 37.4 Å². The number of hydrogen-bond donors (Lipinski definition) is 2. The van der Waals surface area contributed by atoms with E-state index >= 15 is 0 Å². The smallest absolute Gasteiger partial charge is 0.243 e. The molecule has 0 saturated carbocycles. The van der Waals surface area contributed by atoms with Crippen LogP contribution in [0.1, 0.15) is 6.92 Å². The SMILES string of the molecule is C/C=C/C(=O)NCCn1cc(-c2ccc3ncnc(Nc4ccc(F)c(Cl)c4)c3c2)nn1. The van der Waals surface area contributed by atoms with Crippen molar-refractivity contribution in [2.24, 2.45) is 0 Å². The van der Waals surface area contributed by atoms with Gasteiger partial charge in [-0.3, -0.25) is 9.48 Å². The Balaban J connectivity index is 1.55. The average molecular weight is 452 g/mol. The number of hydrogen-bond acceptors (Lipinski definition) is 6. The Morgan fingerprint density at radius 3 is 2.91 bits per heavy atom. The van der Waals surface area contributed by atoms with E-state index in [4.69, 9.17) is 11.6 Å². The van der Waals surface area contributed by atoms with Gasteiger partial charge in [0.1, 0.15) is 23.7 Å². The third-order valence-electron chi connectivity index (χ3n) is 4.61. The molecule has 2 aromatic carbocycles. The van der Waals surface area contributed by atoms with Gasteiger partial charge < -0.3 is 10.6 Å². The molecule has 0 spiro atoms. The van der Waals surface area contributed by atoms with Crippen LogP contribution in [0.4, 0.5) is 15.9 Å². The van der Waals surface area contributed by atoms with Gasteiger partial charge >= 0.3 is 0 Å².